The Bertz CT molecular complexity index is 1100. The fourth-order valence-electron chi connectivity index (χ4n) is 2.74. The van der Waals surface area contributed by atoms with Crippen LogP contribution in [-0.2, 0) is 19.8 Å². The van der Waals surface area contributed by atoms with E-state index in [9.17, 15) is 9.59 Å². The molecular weight excluding hydrogens is 336 g/mol. The van der Waals surface area contributed by atoms with Gasteiger partial charge in [0.2, 0.25) is 0 Å². The number of hydrogen-bond acceptors (Lipinski definition) is 5. The molecule has 3 rings (SSSR count). The van der Waals surface area contributed by atoms with Crippen molar-refractivity contribution in [2.45, 2.75) is 31.6 Å². The average Bonchev–Trinajstić information content (AvgIpc) is 2.58. The van der Waals surface area contributed by atoms with Crippen molar-refractivity contribution in [1.29, 1.82) is 0 Å². The molecule has 0 unspecified atom stereocenters. The number of aromatic nitrogens is 4. The van der Waals surface area contributed by atoms with Crippen LogP contribution in [0.3, 0.4) is 0 Å². The summed E-state index contributed by atoms with van der Waals surface area (Å²) in [6, 6.07) is 6.32. The second-order valence-corrected chi connectivity index (χ2v) is 7.16. The van der Waals surface area contributed by atoms with Gasteiger partial charge in [-0.05, 0) is 31.9 Å². The van der Waals surface area contributed by atoms with Gasteiger partial charge in [-0.1, -0.05) is 23.8 Å². The first-order valence-corrected chi connectivity index (χ1v) is 8.91. The monoisotopic (exact) mass is 356 g/mol. The minimum atomic E-state index is -0.388. The number of nitrogens with zero attached hydrogens (tertiary/aromatic N) is 4. The van der Waals surface area contributed by atoms with Gasteiger partial charge in [0.15, 0.2) is 5.65 Å². The molecule has 7 heteroatoms. The lowest BCUT2D eigenvalue weighted by Gasteiger charge is -2.11. The highest BCUT2D eigenvalue weighted by Gasteiger charge is 2.16. The van der Waals surface area contributed by atoms with E-state index in [4.69, 9.17) is 0 Å². The van der Waals surface area contributed by atoms with Crippen LogP contribution in [0.1, 0.15) is 22.5 Å². The first-order chi connectivity index (χ1) is 11.8. The van der Waals surface area contributed by atoms with Crippen molar-refractivity contribution < 1.29 is 0 Å². The second kappa shape index (κ2) is 6.48. The van der Waals surface area contributed by atoms with Gasteiger partial charge in [0.25, 0.3) is 5.56 Å². The van der Waals surface area contributed by atoms with Crippen LogP contribution in [0.15, 0.2) is 32.8 Å². The molecule has 0 saturated heterocycles. The Kier molecular flexibility index (Phi) is 4.51. The van der Waals surface area contributed by atoms with Crippen LogP contribution in [0.5, 0.6) is 0 Å². The molecule has 0 aliphatic heterocycles. The van der Waals surface area contributed by atoms with Crippen LogP contribution < -0.4 is 11.2 Å². The van der Waals surface area contributed by atoms with Crippen molar-refractivity contribution in [2.75, 3.05) is 0 Å². The maximum atomic E-state index is 12.6. The molecule has 25 heavy (non-hydrogen) atoms. The van der Waals surface area contributed by atoms with E-state index >= 15 is 0 Å². The zero-order chi connectivity index (χ0) is 18.3. The predicted octanol–water partition coefficient (Wildman–Crippen LogP) is 2.24. The van der Waals surface area contributed by atoms with Crippen molar-refractivity contribution >= 4 is 22.8 Å². The van der Waals surface area contributed by atoms with Crippen LogP contribution in [0.2, 0.25) is 0 Å². The lowest BCUT2D eigenvalue weighted by atomic mass is 10.1. The minimum absolute atomic E-state index is 0.360. The van der Waals surface area contributed by atoms with Crippen molar-refractivity contribution in [3.05, 3.63) is 61.6 Å². The maximum absolute atomic E-state index is 12.6. The summed E-state index contributed by atoms with van der Waals surface area (Å²) in [6.07, 6.45) is 0. The number of fused-ring (bicyclic) bond motifs is 1. The Morgan fingerprint density at radius 3 is 2.48 bits per heavy atom. The van der Waals surface area contributed by atoms with E-state index in [1.165, 1.54) is 40.1 Å². The number of aryl methyl sites for hydroxylation is 4. The third kappa shape index (κ3) is 3.11. The summed E-state index contributed by atoms with van der Waals surface area (Å²) < 4.78 is 2.50. The van der Waals surface area contributed by atoms with Gasteiger partial charge in [-0.15, -0.1) is 11.8 Å². The molecule has 3 aromatic rings. The molecular formula is C18H20N4O2S. The van der Waals surface area contributed by atoms with Gasteiger partial charge in [0.1, 0.15) is 16.2 Å². The minimum Gasteiger partial charge on any atom is -0.280 e. The third-order valence-corrected chi connectivity index (χ3v) is 5.27. The molecule has 0 aliphatic carbocycles. The van der Waals surface area contributed by atoms with Crippen LogP contribution in [0.4, 0.5) is 0 Å². The summed E-state index contributed by atoms with van der Waals surface area (Å²) in [6.45, 7) is 5.90. The summed E-state index contributed by atoms with van der Waals surface area (Å²) in [4.78, 5) is 33.5. The Balaban J connectivity index is 2.15. The van der Waals surface area contributed by atoms with Crippen molar-refractivity contribution in [1.82, 2.24) is 19.1 Å². The van der Waals surface area contributed by atoms with E-state index in [1.54, 1.807) is 14.0 Å². The van der Waals surface area contributed by atoms with Crippen molar-refractivity contribution in [2.24, 2.45) is 14.1 Å². The van der Waals surface area contributed by atoms with Gasteiger partial charge < -0.3 is 0 Å². The van der Waals surface area contributed by atoms with Gasteiger partial charge in [-0.3, -0.25) is 13.9 Å². The Morgan fingerprint density at radius 2 is 1.76 bits per heavy atom. The van der Waals surface area contributed by atoms with Crippen molar-refractivity contribution in [3.63, 3.8) is 0 Å². The van der Waals surface area contributed by atoms with Crippen LogP contribution >= 0.6 is 11.8 Å². The SMILES string of the molecule is Cc1ccc(C)c(CSc2nc(C)nc3c2c(=O)n(C)c(=O)n3C)c1. The lowest BCUT2D eigenvalue weighted by Crippen LogP contribution is -2.37. The molecule has 0 amide bonds. The number of thioether (sulfide) groups is 1. The second-order valence-electron chi connectivity index (χ2n) is 6.20. The summed E-state index contributed by atoms with van der Waals surface area (Å²) in [7, 11) is 3.10. The molecule has 0 aliphatic rings. The zero-order valence-electron chi connectivity index (χ0n) is 15.0. The topological polar surface area (TPSA) is 69.8 Å². The molecule has 2 heterocycles. The largest absolute Gasteiger partial charge is 0.332 e. The standard InChI is InChI=1S/C18H20N4O2S/c1-10-6-7-11(2)13(8-10)9-25-16-14-15(19-12(3)20-16)21(4)18(24)22(5)17(14)23/h6-8H,9H2,1-5H3. The molecule has 6 nitrogen and oxygen atoms in total. The first-order valence-electron chi connectivity index (χ1n) is 7.93. The Labute approximate surface area is 149 Å². The molecule has 0 spiro atoms. The summed E-state index contributed by atoms with van der Waals surface area (Å²) in [5.74, 6) is 1.24. The Hall–Kier alpha value is -2.41. The van der Waals surface area contributed by atoms with E-state index in [2.05, 4.69) is 42.0 Å². The smallest absolute Gasteiger partial charge is 0.280 e. The summed E-state index contributed by atoms with van der Waals surface area (Å²) >= 11 is 1.50. The molecule has 1 aromatic carbocycles. The quantitative estimate of drug-likeness (QED) is 0.532. The van der Waals surface area contributed by atoms with Crippen molar-refractivity contribution in [3.8, 4) is 0 Å². The first kappa shape index (κ1) is 17.4. The van der Waals surface area contributed by atoms with E-state index in [1.807, 2.05) is 0 Å². The van der Waals surface area contributed by atoms with Crippen LogP contribution in [0.25, 0.3) is 11.0 Å². The Morgan fingerprint density at radius 1 is 1.04 bits per heavy atom. The molecule has 0 radical (unpaired) electrons. The lowest BCUT2D eigenvalue weighted by molar-refractivity contribution is 0.701. The molecule has 0 atom stereocenters. The normalized spacial score (nSPS) is 11.2. The molecule has 0 fully saturated rings. The predicted molar refractivity (Wildman–Crippen MR) is 100 cm³/mol. The van der Waals surface area contributed by atoms with Gasteiger partial charge in [-0.2, -0.15) is 0 Å². The van der Waals surface area contributed by atoms with Gasteiger partial charge in [-0.25, -0.2) is 14.8 Å². The highest BCUT2D eigenvalue weighted by atomic mass is 32.2. The average molecular weight is 356 g/mol. The molecule has 2 aromatic heterocycles. The summed E-state index contributed by atoms with van der Waals surface area (Å²) in [5.41, 5.74) is 3.24. The highest BCUT2D eigenvalue weighted by Crippen LogP contribution is 2.27. The van der Waals surface area contributed by atoms with Gasteiger partial charge in [0.05, 0.1) is 0 Å². The van der Waals surface area contributed by atoms with E-state index < -0.39 is 0 Å². The summed E-state index contributed by atoms with van der Waals surface area (Å²) in [5, 5.41) is 1.00. The number of rotatable bonds is 3. The van der Waals surface area contributed by atoms with Crippen LogP contribution in [0, 0.1) is 20.8 Å². The van der Waals surface area contributed by atoms with Crippen LogP contribution in [-0.4, -0.2) is 19.1 Å². The number of benzene rings is 1. The molecule has 0 saturated carbocycles. The third-order valence-electron chi connectivity index (χ3n) is 4.25. The zero-order valence-corrected chi connectivity index (χ0v) is 15.8. The van der Waals surface area contributed by atoms with Gasteiger partial charge >= 0.3 is 5.69 Å². The van der Waals surface area contributed by atoms with E-state index in [0.717, 1.165) is 4.57 Å². The molecule has 0 bridgehead atoms. The fourth-order valence-corrected chi connectivity index (χ4v) is 3.86. The maximum Gasteiger partial charge on any atom is 0.332 e. The highest BCUT2D eigenvalue weighted by molar-refractivity contribution is 7.98. The van der Waals surface area contributed by atoms with Gasteiger partial charge in [0, 0.05) is 19.8 Å². The van der Waals surface area contributed by atoms with E-state index in [-0.39, 0.29) is 11.2 Å². The number of hydrogen-bond donors (Lipinski definition) is 0. The molecule has 130 valence electrons. The van der Waals surface area contributed by atoms with E-state index in [0.29, 0.717) is 27.6 Å². The molecule has 0 N–H and O–H groups in total. The fraction of sp³-hybridized carbons (Fsp3) is 0.333.